The zero-order chi connectivity index (χ0) is 18.4. The molecule has 0 radical (unpaired) electrons. The average Bonchev–Trinajstić information content (AvgIpc) is 3.36. The van der Waals surface area contributed by atoms with E-state index < -0.39 is 0 Å². The molecule has 1 amide bonds. The molecule has 5 rings (SSSR count). The molecule has 0 unspecified atom stereocenters. The van der Waals surface area contributed by atoms with Gasteiger partial charge in [-0.1, -0.05) is 36.4 Å². The summed E-state index contributed by atoms with van der Waals surface area (Å²) < 4.78 is 0. The summed E-state index contributed by atoms with van der Waals surface area (Å²) in [5, 5.41) is 5.96. The van der Waals surface area contributed by atoms with E-state index in [1.54, 1.807) is 0 Å². The Balaban J connectivity index is 1.37. The molecule has 0 aliphatic carbocycles. The van der Waals surface area contributed by atoms with E-state index in [0.717, 1.165) is 17.5 Å². The van der Waals surface area contributed by atoms with Gasteiger partial charge in [0.05, 0.1) is 12.2 Å². The summed E-state index contributed by atoms with van der Waals surface area (Å²) >= 11 is 0. The number of benzene rings is 2. The third-order valence-corrected chi connectivity index (χ3v) is 5.69. The van der Waals surface area contributed by atoms with E-state index in [0.29, 0.717) is 6.42 Å². The van der Waals surface area contributed by atoms with Crippen molar-refractivity contribution in [2.45, 2.75) is 25.0 Å². The summed E-state index contributed by atoms with van der Waals surface area (Å²) in [7, 11) is 1.89. The van der Waals surface area contributed by atoms with Gasteiger partial charge in [-0.15, -0.1) is 0 Å². The monoisotopic (exact) mass is 358 g/mol. The van der Waals surface area contributed by atoms with Crippen LogP contribution in [0.1, 0.15) is 11.1 Å². The number of rotatable bonds is 4. The van der Waals surface area contributed by atoms with Crippen LogP contribution in [0.4, 0.5) is 0 Å². The minimum absolute atomic E-state index is 0.00640. The van der Waals surface area contributed by atoms with Crippen LogP contribution in [0.2, 0.25) is 0 Å². The fourth-order valence-corrected chi connectivity index (χ4v) is 4.19. The maximum atomic E-state index is 12.8. The largest absolute Gasteiger partial charge is 0.361 e. The van der Waals surface area contributed by atoms with Gasteiger partial charge < -0.3 is 14.9 Å². The minimum Gasteiger partial charge on any atom is -0.361 e. The van der Waals surface area contributed by atoms with Crippen molar-refractivity contribution < 1.29 is 4.79 Å². The number of para-hydroxylation sites is 2. The van der Waals surface area contributed by atoms with Gasteiger partial charge in [-0.05, 0) is 29.7 Å². The average molecular weight is 358 g/mol. The number of hydrogen-bond donors (Lipinski definition) is 3. The van der Waals surface area contributed by atoms with E-state index in [2.05, 4.69) is 51.8 Å². The molecular weight excluding hydrogens is 336 g/mol. The molecule has 2 aromatic carbocycles. The number of likely N-dealkylation sites (N-methyl/N-ethyl adjacent to an activating group) is 1. The molecule has 2 atom stereocenters. The molecule has 0 saturated carbocycles. The van der Waals surface area contributed by atoms with Crippen molar-refractivity contribution in [3.63, 3.8) is 0 Å². The van der Waals surface area contributed by atoms with E-state index in [-0.39, 0.29) is 18.1 Å². The quantitative estimate of drug-likeness (QED) is 0.525. The van der Waals surface area contributed by atoms with Crippen molar-refractivity contribution in [2.75, 3.05) is 7.05 Å². The highest BCUT2D eigenvalue weighted by Crippen LogP contribution is 2.24. The summed E-state index contributed by atoms with van der Waals surface area (Å²) in [5.41, 5.74) is 4.66. The van der Waals surface area contributed by atoms with Gasteiger partial charge in [-0.2, -0.15) is 0 Å². The van der Waals surface area contributed by atoms with Gasteiger partial charge in [-0.3, -0.25) is 10.1 Å². The Morgan fingerprint density at radius 1 is 0.852 bits per heavy atom. The molecule has 3 heterocycles. The van der Waals surface area contributed by atoms with Gasteiger partial charge in [0.2, 0.25) is 5.91 Å². The van der Waals surface area contributed by atoms with Crippen LogP contribution < -0.4 is 5.32 Å². The van der Waals surface area contributed by atoms with Crippen LogP contribution in [0.15, 0.2) is 60.9 Å². The third-order valence-electron chi connectivity index (χ3n) is 5.69. The van der Waals surface area contributed by atoms with E-state index in [1.807, 2.05) is 36.3 Å². The van der Waals surface area contributed by atoms with Gasteiger partial charge >= 0.3 is 0 Å². The zero-order valence-corrected chi connectivity index (χ0v) is 15.2. The van der Waals surface area contributed by atoms with Crippen molar-refractivity contribution in [2.24, 2.45) is 0 Å². The number of H-pyrrole nitrogens is 2. The predicted molar refractivity (Wildman–Crippen MR) is 107 cm³/mol. The van der Waals surface area contributed by atoms with Gasteiger partial charge in [0.15, 0.2) is 0 Å². The Morgan fingerprint density at radius 2 is 1.41 bits per heavy atom. The smallest absolute Gasteiger partial charge is 0.241 e. The molecule has 0 spiro atoms. The fourth-order valence-electron chi connectivity index (χ4n) is 4.19. The summed E-state index contributed by atoms with van der Waals surface area (Å²) in [5.74, 6) is 0.158. The second-order valence-corrected chi connectivity index (χ2v) is 7.31. The summed E-state index contributed by atoms with van der Waals surface area (Å²) in [6.45, 7) is 0. The lowest BCUT2D eigenvalue weighted by molar-refractivity contribution is -0.128. The molecule has 1 fully saturated rings. The normalized spacial score (nSPS) is 20.2. The maximum Gasteiger partial charge on any atom is 0.241 e. The van der Waals surface area contributed by atoms with Crippen molar-refractivity contribution in [1.29, 1.82) is 0 Å². The first-order valence-electron chi connectivity index (χ1n) is 9.33. The van der Waals surface area contributed by atoms with Crippen LogP contribution in [0, 0.1) is 0 Å². The molecule has 0 bridgehead atoms. The lowest BCUT2D eigenvalue weighted by Gasteiger charge is -2.18. The highest BCUT2D eigenvalue weighted by Gasteiger charge is 2.36. The molecule has 4 aromatic rings. The topological polar surface area (TPSA) is 63.9 Å². The van der Waals surface area contributed by atoms with Crippen LogP contribution in [0.25, 0.3) is 21.8 Å². The van der Waals surface area contributed by atoms with Crippen molar-refractivity contribution in [1.82, 2.24) is 20.2 Å². The highest BCUT2D eigenvalue weighted by atomic mass is 16.2. The third kappa shape index (κ3) is 2.71. The summed E-state index contributed by atoms with van der Waals surface area (Å²) in [6.07, 6.45) is 5.56. The Morgan fingerprint density at radius 3 is 2.04 bits per heavy atom. The SMILES string of the molecule is CN1C(=O)[C@H](Cc2c[nH]c3ccccc23)N[C@H]1Cc1c[nH]c2ccccc12. The van der Waals surface area contributed by atoms with Gasteiger partial charge in [0, 0.05) is 47.7 Å². The highest BCUT2D eigenvalue weighted by molar-refractivity contribution is 5.88. The fraction of sp³-hybridized carbons (Fsp3) is 0.227. The van der Waals surface area contributed by atoms with Crippen LogP contribution in [0.3, 0.4) is 0 Å². The number of carbonyl (C=O) groups excluding carboxylic acids is 1. The minimum atomic E-state index is -0.190. The number of nitrogens with one attached hydrogen (secondary N) is 3. The first-order valence-corrected chi connectivity index (χ1v) is 9.33. The van der Waals surface area contributed by atoms with Crippen LogP contribution in [0.5, 0.6) is 0 Å². The lowest BCUT2D eigenvalue weighted by Crippen LogP contribution is -2.37. The summed E-state index contributed by atoms with van der Waals surface area (Å²) in [4.78, 5) is 21.3. The molecule has 27 heavy (non-hydrogen) atoms. The molecule has 5 nitrogen and oxygen atoms in total. The molecule has 136 valence electrons. The van der Waals surface area contributed by atoms with Crippen molar-refractivity contribution >= 4 is 27.7 Å². The number of aromatic nitrogens is 2. The van der Waals surface area contributed by atoms with Crippen LogP contribution in [-0.2, 0) is 17.6 Å². The number of carbonyl (C=O) groups is 1. The molecule has 1 aliphatic rings. The second kappa shape index (κ2) is 6.28. The molecule has 1 aliphatic heterocycles. The van der Waals surface area contributed by atoms with Gasteiger partial charge in [0.25, 0.3) is 0 Å². The summed E-state index contributed by atoms with van der Waals surface area (Å²) in [6, 6.07) is 16.3. The van der Waals surface area contributed by atoms with Gasteiger partial charge in [0.1, 0.15) is 0 Å². The van der Waals surface area contributed by atoms with E-state index in [4.69, 9.17) is 0 Å². The second-order valence-electron chi connectivity index (χ2n) is 7.31. The van der Waals surface area contributed by atoms with E-state index >= 15 is 0 Å². The Labute approximate surface area is 157 Å². The Hall–Kier alpha value is -3.05. The van der Waals surface area contributed by atoms with E-state index in [1.165, 1.54) is 21.9 Å². The van der Waals surface area contributed by atoms with E-state index in [9.17, 15) is 4.79 Å². The maximum absolute atomic E-state index is 12.8. The standard InChI is InChI=1S/C22H22N4O/c1-26-21(11-15-13-24-19-9-5-3-7-17(15)19)25-20(22(26)27)10-14-12-23-18-8-4-2-6-16(14)18/h2-9,12-13,20-21,23-25H,10-11H2,1H3/t20-,21+/m0/s1. The van der Waals surface area contributed by atoms with Crippen molar-refractivity contribution in [3.8, 4) is 0 Å². The first kappa shape index (κ1) is 16.1. The van der Waals surface area contributed by atoms with Gasteiger partial charge in [-0.25, -0.2) is 0 Å². The Bertz CT molecular complexity index is 1130. The van der Waals surface area contributed by atoms with Crippen molar-refractivity contribution in [3.05, 3.63) is 72.1 Å². The number of aromatic amines is 2. The number of nitrogens with zero attached hydrogens (tertiary/aromatic N) is 1. The zero-order valence-electron chi connectivity index (χ0n) is 15.2. The molecule has 1 saturated heterocycles. The molecule has 3 N–H and O–H groups in total. The lowest BCUT2D eigenvalue weighted by atomic mass is 10.1. The van der Waals surface area contributed by atoms with Crippen LogP contribution in [-0.4, -0.2) is 40.0 Å². The molecule has 2 aromatic heterocycles. The number of fused-ring (bicyclic) bond motifs is 2. The number of amides is 1. The molecule has 5 heteroatoms. The van der Waals surface area contributed by atoms with Crippen LogP contribution >= 0.6 is 0 Å². The predicted octanol–water partition coefficient (Wildman–Crippen LogP) is 3.19. The number of hydrogen-bond acceptors (Lipinski definition) is 2. The first-order chi connectivity index (χ1) is 13.2. The molecular formula is C22H22N4O. The Kier molecular flexibility index (Phi) is 3.76.